The van der Waals surface area contributed by atoms with Crippen LogP contribution in [-0.4, -0.2) is 26.1 Å². The predicted molar refractivity (Wildman–Crippen MR) is 91.6 cm³/mol. The third-order valence-electron chi connectivity index (χ3n) is 5.24. The summed E-state index contributed by atoms with van der Waals surface area (Å²) in [5.41, 5.74) is 2.59. The third kappa shape index (κ3) is 4.25. The SMILES string of the molecule is COc1ccc2c(c1)CCCC2NC(=O)CCC1CCNCC1. The van der Waals surface area contributed by atoms with Crippen LogP contribution in [0.5, 0.6) is 5.75 Å². The van der Waals surface area contributed by atoms with Crippen molar-refractivity contribution in [2.45, 2.75) is 51.0 Å². The summed E-state index contributed by atoms with van der Waals surface area (Å²) in [6, 6.07) is 6.40. The van der Waals surface area contributed by atoms with Crippen LogP contribution in [0.1, 0.15) is 55.7 Å². The lowest BCUT2D eigenvalue weighted by Gasteiger charge is -2.27. The van der Waals surface area contributed by atoms with Gasteiger partial charge in [-0.25, -0.2) is 0 Å². The first kappa shape index (κ1) is 16.3. The van der Waals surface area contributed by atoms with Crippen LogP contribution >= 0.6 is 0 Å². The standard InChI is InChI=1S/C19H28N2O2/c1-23-16-6-7-17-15(13-16)3-2-4-18(17)21-19(22)8-5-14-9-11-20-12-10-14/h6-7,13-14,18,20H,2-5,8-12H2,1H3,(H,21,22). The summed E-state index contributed by atoms with van der Waals surface area (Å²) in [5.74, 6) is 1.82. The molecule has 1 unspecified atom stereocenters. The van der Waals surface area contributed by atoms with Gasteiger partial charge in [-0.1, -0.05) is 6.07 Å². The fraction of sp³-hybridized carbons (Fsp3) is 0.632. The quantitative estimate of drug-likeness (QED) is 0.878. The maximum Gasteiger partial charge on any atom is 0.220 e. The molecule has 23 heavy (non-hydrogen) atoms. The largest absolute Gasteiger partial charge is 0.497 e. The number of benzene rings is 1. The van der Waals surface area contributed by atoms with Gasteiger partial charge in [-0.05, 0) is 80.8 Å². The lowest BCUT2D eigenvalue weighted by molar-refractivity contribution is -0.122. The molecule has 1 saturated heterocycles. The number of hydrogen-bond acceptors (Lipinski definition) is 3. The molecule has 1 aromatic carbocycles. The van der Waals surface area contributed by atoms with Gasteiger partial charge in [-0.3, -0.25) is 4.79 Å². The van der Waals surface area contributed by atoms with Gasteiger partial charge in [0.15, 0.2) is 0 Å². The van der Waals surface area contributed by atoms with E-state index < -0.39 is 0 Å². The average molecular weight is 316 g/mol. The van der Waals surface area contributed by atoms with Crippen LogP contribution in [0.4, 0.5) is 0 Å². The van der Waals surface area contributed by atoms with E-state index in [0.29, 0.717) is 12.3 Å². The second-order valence-electron chi connectivity index (χ2n) is 6.81. The van der Waals surface area contributed by atoms with Gasteiger partial charge in [-0.15, -0.1) is 0 Å². The number of carbonyl (C=O) groups is 1. The molecule has 0 aromatic heterocycles. The maximum atomic E-state index is 12.3. The van der Waals surface area contributed by atoms with E-state index >= 15 is 0 Å². The van der Waals surface area contributed by atoms with Gasteiger partial charge in [0, 0.05) is 6.42 Å². The number of carbonyl (C=O) groups excluding carboxylic acids is 1. The Morgan fingerprint density at radius 3 is 2.91 bits per heavy atom. The van der Waals surface area contributed by atoms with Crippen LogP contribution in [0, 0.1) is 5.92 Å². The van der Waals surface area contributed by atoms with E-state index in [2.05, 4.69) is 22.8 Å². The van der Waals surface area contributed by atoms with E-state index in [9.17, 15) is 4.79 Å². The minimum Gasteiger partial charge on any atom is -0.497 e. The second kappa shape index (κ2) is 7.82. The second-order valence-corrected chi connectivity index (χ2v) is 6.81. The van der Waals surface area contributed by atoms with Crippen LogP contribution in [0.3, 0.4) is 0 Å². The van der Waals surface area contributed by atoms with Gasteiger partial charge >= 0.3 is 0 Å². The Kier molecular flexibility index (Phi) is 5.55. The lowest BCUT2D eigenvalue weighted by atomic mass is 9.87. The van der Waals surface area contributed by atoms with Gasteiger partial charge in [0.2, 0.25) is 5.91 Å². The van der Waals surface area contributed by atoms with E-state index in [1.54, 1.807) is 7.11 Å². The van der Waals surface area contributed by atoms with Crippen molar-refractivity contribution in [1.29, 1.82) is 0 Å². The highest BCUT2D eigenvalue weighted by atomic mass is 16.5. The Bertz CT molecular complexity index is 538. The number of aryl methyl sites for hydroxylation is 1. The highest BCUT2D eigenvalue weighted by Crippen LogP contribution is 2.32. The summed E-state index contributed by atoms with van der Waals surface area (Å²) in [5, 5.41) is 6.63. The molecule has 1 aromatic rings. The molecule has 0 saturated carbocycles. The predicted octanol–water partition coefficient (Wildman–Crippen LogP) is 2.97. The fourth-order valence-corrected chi connectivity index (χ4v) is 3.84. The minimum absolute atomic E-state index is 0.171. The number of rotatable bonds is 5. The van der Waals surface area contributed by atoms with Crippen molar-refractivity contribution in [2.24, 2.45) is 5.92 Å². The molecule has 1 amide bonds. The first-order valence-electron chi connectivity index (χ1n) is 8.93. The van der Waals surface area contributed by atoms with Crippen LogP contribution in [0.2, 0.25) is 0 Å². The molecule has 1 fully saturated rings. The Hall–Kier alpha value is -1.55. The van der Waals surface area contributed by atoms with Gasteiger partial charge in [0.1, 0.15) is 5.75 Å². The summed E-state index contributed by atoms with van der Waals surface area (Å²) < 4.78 is 5.31. The van der Waals surface area contributed by atoms with Crippen LogP contribution in [0.15, 0.2) is 18.2 Å². The van der Waals surface area contributed by atoms with Crippen LogP contribution in [-0.2, 0) is 11.2 Å². The van der Waals surface area contributed by atoms with Crippen molar-refractivity contribution in [3.05, 3.63) is 29.3 Å². The van der Waals surface area contributed by atoms with Crippen molar-refractivity contribution in [2.75, 3.05) is 20.2 Å². The molecule has 3 rings (SSSR count). The summed E-state index contributed by atoms with van der Waals surface area (Å²) in [6.07, 6.45) is 7.34. The Morgan fingerprint density at radius 2 is 2.13 bits per heavy atom. The monoisotopic (exact) mass is 316 g/mol. The Labute approximate surface area is 139 Å². The van der Waals surface area contributed by atoms with Crippen molar-refractivity contribution < 1.29 is 9.53 Å². The topological polar surface area (TPSA) is 50.4 Å². The molecular weight excluding hydrogens is 288 g/mol. The van der Waals surface area contributed by atoms with Crippen LogP contribution < -0.4 is 15.4 Å². The molecule has 126 valence electrons. The summed E-state index contributed by atoms with van der Waals surface area (Å²) >= 11 is 0. The van der Waals surface area contributed by atoms with E-state index in [1.165, 1.54) is 24.0 Å². The zero-order valence-corrected chi connectivity index (χ0v) is 14.1. The number of methoxy groups -OCH3 is 1. The molecule has 0 radical (unpaired) electrons. The highest BCUT2D eigenvalue weighted by molar-refractivity contribution is 5.76. The first-order valence-corrected chi connectivity index (χ1v) is 8.93. The summed E-state index contributed by atoms with van der Waals surface area (Å²) in [7, 11) is 1.70. The van der Waals surface area contributed by atoms with E-state index in [1.807, 2.05) is 6.07 Å². The maximum absolute atomic E-state index is 12.3. The lowest BCUT2D eigenvalue weighted by Crippen LogP contribution is -2.32. The Balaban J connectivity index is 1.55. The first-order chi connectivity index (χ1) is 11.3. The number of nitrogens with one attached hydrogen (secondary N) is 2. The highest BCUT2D eigenvalue weighted by Gasteiger charge is 2.22. The molecule has 4 nitrogen and oxygen atoms in total. The van der Waals surface area contributed by atoms with E-state index in [4.69, 9.17) is 4.74 Å². The van der Waals surface area contributed by atoms with Gasteiger partial charge in [0.25, 0.3) is 0 Å². The molecule has 2 aliphatic rings. The molecular formula is C19H28N2O2. The molecule has 1 aliphatic carbocycles. The normalized spacial score (nSPS) is 21.5. The van der Waals surface area contributed by atoms with Crippen LogP contribution in [0.25, 0.3) is 0 Å². The molecule has 4 heteroatoms. The Morgan fingerprint density at radius 1 is 1.30 bits per heavy atom. The minimum atomic E-state index is 0.171. The number of amides is 1. The number of hydrogen-bond donors (Lipinski definition) is 2. The van der Waals surface area contributed by atoms with Gasteiger partial charge in [-0.2, -0.15) is 0 Å². The zero-order chi connectivity index (χ0) is 16.1. The van der Waals surface area contributed by atoms with Crippen molar-refractivity contribution in [3.63, 3.8) is 0 Å². The fourth-order valence-electron chi connectivity index (χ4n) is 3.84. The molecule has 2 N–H and O–H groups in total. The van der Waals surface area contributed by atoms with Gasteiger partial charge < -0.3 is 15.4 Å². The number of ether oxygens (including phenoxy) is 1. The van der Waals surface area contributed by atoms with Crippen molar-refractivity contribution in [1.82, 2.24) is 10.6 Å². The molecule has 1 aliphatic heterocycles. The van der Waals surface area contributed by atoms with Crippen molar-refractivity contribution >= 4 is 5.91 Å². The number of fused-ring (bicyclic) bond motifs is 1. The van der Waals surface area contributed by atoms with Crippen molar-refractivity contribution in [3.8, 4) is 5.75 Å². The van der Waals surface area contributed by atoms with Gasteiger partial charge in [0.05, 0.1) is 13.2 Å². The summed E-state index contributed by atoms with van der Waals surface area (Å²) in [6.45, 7) is 2.20. The molecule has 0 spiro atoms. The molecule has 1 atom stereocenters. The zero-order valence-electron chi connectivity index (χ0n) is 14.1. The smallest absolute Gasteiger partial charge is 0.220 e. The van der Waals surface area contributed by atoms with E-state index in [0.717, 1.165) is 44.5 Å². The molecule has 0 bridgehead atoms. The van der Waals surface area contributed by atoms with E-state index in [-0.39, 0.29) is 11.9 Å². The molecule has 1 heterocycles. The third-order valence-corrected chi connectivity index (χ3v) is 5.24. The number of piperidine rings is 1. The summed E-state index contributed by atoms with van der Waals surface area (Å²) in [4.78, 5) is 12.3. The average Bonchev–Trinajstić information content (AvgIpc) is 2.60.